The van der Waals surface area contributed by atoms with Crippen LogP contribution in [-0.4, -0.2) is 37.0 Å². The molecule has 4 heteroatoms. The Hall–Kier alpha value is -3.11. The lowest BCUT2D eigenvalue weighted by atomic mass is 9.64. The highest BCUT2D eigenvalue weighted by Crippen LogP contribution is 2.43. The molecule has 4 nitrogen and oxygen atoms in total. The number of benzene rings is 3. The number of likely N-dealkylation sites (tertiary alicyclic amines) is 1. The van der Waals surface area contributed by atoms with Crippen LogP contribution < -0.4 is 10.5 Å². The fraction of sp³-hybridized carbons (Fsp3) is 0.321. The summed E-state index contributed by atoms with van der Waals surface area (Å²) in [6.07, 6.45) is -1.73. The normalized spacial score (nSPS) is 24.6. The number of primary amides is 1. The van der Waals surface area contributed by atoms with E-state index in [0.717, 1.165) is 11.1 Å². The van der Waals surface area contributed by atoms with Crippen molar-refractivity contribution in [2.75, 3.05) is 26.2 Å². The molecule has 0 aliphatic carbocycles. The minimum Gasteiger partial charge on any atom is -0.493 e. The number of carbonyl (C=O) groups excluding carboxylic acids is 1. The molecule has 32 heavy (non-hydrogen) atoms. The first-order valence-corrected chi connectivity index (χ1v) is 10.9. The highest BCUT2D eigenvalue weighted by atomic mass is 16.5. The molecular formula is C28H30N2O2. The highest BCUT2D eigenvalue weighted by molar-refractivity contribution is 5.91. The van der Waals surface area contributed by atoms with E-state index < -0.39 is 30.3 Å². The average molecular weight is 434 g/mol. The first-order chi connectivity index (χ1) is 18.4. The molecule has 1 atom stereocenters. The minimum atomic E-state index is -2.73. The topological polar surface area (TPSA) is 55.6 Å². The van der Waals surface area contributed by atoms with Crippen molar-refractivity contribution in [1.82, 2.24) is 4.90 Å². The van der Waals surface area contributed by atoms with E-state index in [9.17, 15) is 4.79 Å². The Morgan fingerprint density at radius 2 is 1.81 bits per heavy atom. The second-order valence-electron chi connectivity index (χ2n) is 8.33. The number of nitrogens with two attached hydrogens (primary N) is 1. The quantitative estimate of drug-likeness (QED) is 0.614. The number of hydrogen-bond acceptors (Lipinski definition) is 3. The largest absolute Gasteiger partial charge is 0.493 e. The summed E-state index contributed by atoms with van der Waals surface area (Å²) in [5.41, 5.74) is 6.65. The summed E-state index contributed by atoms with van der Waals surface area (Å²) in [6.45, 7) is -1.12. The third-order valence-electron chi connectivity index (χ3n) is 6.57. The molecule has 164 valence electrons. The fourth-order valence-electron chi connectivity index (χ4n) is 5.04. The van der Waals surface area contributed by atoms with E-state index in [1.165, 1.54) is 0 Å². The van der Waals surface area contributed by atoms with Crippen LogP contribution in [0.4, 0.5) is 0 Å². The second kappa shape index (κ2) is 8.79. The van der Waals surface area contributed by atoms with Crippen molar-refractivity contribution in [3.8, 4) is 5.75 Å². The van der Waals surface area contributed by atoms with Gasteiger partial charge in [0.15, 0.2) is 0 Å². The van der Waals surface area contributed by atoms with Gasteiger partial charge < -0.3 is 15.4 Å². The van der Waals surface area contributed by atoms with E-state index in [0.29, 0.717) is 26.1 Å². The van der Waals surface area contributed by atoms with Crippen LogP contribution >= 0.6 is 0 Å². The smallest absolute Gasteiger partial charge is 0.232 e. The zero-order valence-corrected chi connectivity index (χ0v) is 17.7. The van der Waals surface area contributed by atoms with E-state index in [4.69, 9.17) is 20.1 Å². The van der Waals surface area contributed by atoms with Gasteiger partial charge in [-0.25, -0.2) is 0 Å². The summed E-state index contributed by atoms with van der Waals surface area (Å²) in [5, 5.41) is 0. The zero-order valence-electron chi connectivity index (χ0n) is 24.7. The van der Waals surface area contributed by atoms with Crippen LogP contribution in [0.2, 0.25) is 0 Å². The number of hydrogen-bond donors (Lipinski definition) is 1. The van der Waals surface area contributed by atoms with Crippen molar-refractivity contribution in [3.63, 3.8) is 0 Å². The van der Waals surface area contributed by atoms with Crippen molar-refractivity contribution in [1.29, 1.82) is 0 Å². The third kappa shape index (κ3) is 3.69. The van der Waals surface area contributed by atoms with Gasteiger partial charge in [0, 0.05) is 22.2 Å². The Balaban J connectivity index is 1.44. The van der Waals surface area contributed by atoms with Gasteiger partial charge in [0.2, 0.25) is 5.91 Å². The van der Waals surface area contributed by atoms with E-state index in [-0.39, 0.29) is 41.3 Å². The van der Waals surface area contributed by atoms with E-state index in [2.05, 4.69) is 4.90 Å². The second-order valence-corrected chi connectivity index (χ2v) is 8.33. The molecule has 5 rings (SSSR count). The van der Waals surface area contributed by atoms with Gasteiger partial charge in [-0.3, -0.25) is 4.79 Å². The summed E-state index contributed by atoms with van der Waals surface area (Å²) in [4.78, 5) is 15.4. The molecule has 0 unspecified atom stereocenters. The summed E-state index contributed by atoms with van der Waals surface area (Å²) in [5.74, 6) is -0.933. The minimum absolute atomic E-state index is 0.132. The molecule has 0 aromatic heterocycles. The van der Waals surface area contributed by atoms with Crippen LogP contribution in [0.3, 0.4) is 0 Å². The van der Waals surface area contributed by atoms with Crippen molar-refractivity contribution in [3.05, 3.63) is 101 Å². The van der Waals surface area contributed by atoms with Crippen LogP contribution in [0.5, 0.6) is 5.75 Å². The van der Waals surface area contributed by atoms with Crippen molar-refractivity contribution >= 4 is 5.91 Å². The van der Waals surface area contributed by atoms with Gasteiger partial charge in [-0.2, -0.15) is 0 Å². The Morgan fingerprint density at radius 3 is 2.47 bits per heavy atom. The van der Waals surface area contributed by atoms with E-state index in [1.807, 2.05) is 60.7 Å². The van der Waals surface area contributed by atoms with Crippen LogP contribution in [0.1, 0.15) is 38.3 Å². The monoisotopic (exact) mass is 433 g/mol. The fourth-order valence-corrected chi connectivity index (χ4v) is 5.04. The van der Waals surface area contributed by atoms with Crippen molar-refractivity contribution < 1.29 is 19.1 Å². The molecule has 1 fully saturated rings. The van der Waals surface area contributed by atoms with Gasteiger partial charge in [0.05, 0.1) is 13.4 Å². The van der Waals surface area contributed by atoms with Crippen LogP contribution in [0.15, 0.2) is 78.8 Å². The molecule has 0 spiro atoms. The number of rotatable bonds is 7. The molecule has 2 heterocycles. The lowest BCUT2D eigenvalue weighted by Gasteiger charge is -2.37. The highest BCUT2D eigenvalue weighted by Gasteiger charge is 2.49. The lowest BCUT2D eigenvalue weighted by Crippen LogP contribution is -2.49. The van der Waals surface area contributed by atoms with Gasteiger partial charge >= 0.3 is 0 Å². The van der Waals surface area contributed by atoms with Crippen LogP contribution in [0.25, 0.3) is 0 Å². The predicted octanol–water partition coefficient (Wildman–Crippen LogP) is 3.96. The third-order valence-corrected chi connectivity index (χ3v) is 6.57. The molecule has 2 aliphatic heterocycles. The molecule has 3 aromatic carbocycles. The first-order valence-electron chi connectivity index (χ1n) is 14.4. The maximum Gasteiger partial charge on any atom is 0.232 e. The number of fused-ring (bicyclic) bond motifs is 1. The van der Waals surface area contributed by atoms with Gasteiger partial charge in [0.25, 0.3) is 0 Å². The van der Waals surface area contributed by atoms with E-state index in [1.54, 1.807) is 0 Å². The number of nitrogens with zero attached hydrogens (tertiary/aromatic N) is 1. The molecule has 0 saturated carbocycles. The molecule has 2 N–H and O–H groups in total. The summed E-state index contributed by atoms with van der Waals surface area (Å²) >= 11 is 0. The van der Waals surface area contributed by atoms with Gasteiger partial charge in [-0.1, -0.05) is 72.7 Å². The van der Waals surface area contributed by atoms with Crippen LogP contribution in [0, 0.1) is 5.92 Å². The number of carbonyl (C=O) groups is 1. The summed E-state index contributed by atoms with van der Waals surface area (Å²) in [6, 6.07) is 18.1. The SMILES string of the molecule is [2H]c1c([2H])c2c(c([2H])c1CCN1CC[C@@H](C(C(N)=O)(c3ccccc3)c3ccccc3)C1)C([2H])([2H])C([2H])([2H])O2. The lowest BCUT2D eigenvalue weighted by molar-refractivity contribution is -0.123. The maximum atomic E-state index is 13.3. The number of amides is 1. The van der Waals surface area contributed by atoms with Crippen molar-refractivity contribution in [2.45, 2.75) is 24.6 Å². The van der Waals surface area contributed by atoms with E-state index >= 15 is 0 Å². The Kier molecular flexibility index (Phi) is 3.88. The van der Waals surface area contributed by atoms with Crippen molar-refractivity contribution in [2.24, 2.45) is 11.7 Å². The Morgan fingerprint density at radius 1 is 1.12 bits per heavy atom. The standard InChI is InChI=1S/C28H30N2O2/c29-27(31)28(23-7-3-1-4-8-23,24-9-5-2-6-10-24)25-14-17-30(20-25)16-13-21-11-12-26-22(19-21)15-18-32-26/h1-12,19,25H,13-18,20H2,(H2,29,31)/t25-/m1/s1/i11D,12D,15D2,18D2,19D. The Bertz CT molecular complexity index is 1360. The molecule has 3 aromatic rings. The van der Waals surface area contributed by atoms with Gasteiger partial charge in [0.1, 0.15) is 11.2 Å². The van der Waals surface area contributed by atoms with Gasteiger partial charge in [-0.15, -0.1) is 0 Å². The molecule has 1 saturated heterocycles. The summed E-state index contributed by atoms with van der Waals surface area (Å²) in [7, 11) is 0. The first kappa shape index (κ1) is 14.1. The molecule has 1 amide bonds. The summed E-state index contributed by atoms with van der Waals surface area (Å²) < 4.78 is 62.7. The predicted molar refractivity (Wildman–Crippen MR) is 127 cm³/mol. The van der Waals surface area contributed by atoms with Gasteiger partial charge in [-0.05, 0) is 53.6 Å². The average Bonchev–Trinajstić information content (AvgIpc) is 3.44. The molecule has 0 bridgehead atoms. The number of ether oxygens (including phenoxy) is 1. The maximum absolute atomic E-state index is 13.3. The van der Waals surface area contributed by atoms with Crippen LogP contribution in [-0.2, 0) is 23.0 Å². The Labute approximate surface area is 199 Å². The molecule has 2 aliphatic rings. The zero-order chi connectivity index (χ0) is 28.2. The molecular weight excluding hydrogens is 396 g/mol. The molecule has 0 radical (unpaired) electrons.